The Balaban J connectivity index is 2.23. The van der Waals surface area contributed by atoms with Crippen LogP contribution in [0, 0.1) is 24.1 Å². The Morgan fingerprint density at radius 2 is 2.19 bits per heavy atom. The van der Waals surface area contributed by atoms with E-state index in [0.29, 0.717) is 12.2 Å². The maximum absolute atomic E-state index is 13.7. The van der Waals surface area contributed by atoms with Crippen molar-refractivity contribution in [3.8, 4) is 6.07 Å². The van der Waals surface area contributed by atoms with Crippen molar-refractivity contribution in [2.24, 2.45) is 7.05 Å². The molecule has 21 heavy (non-hydrogen) atoms. The number of rotatable bonds is 4. The summed E-state index contributed by atoms with van der Waals surface area (Å²) in [4.78, 5) is 10.9. The highest BCUT2D eigenvalue weighted by Gasteiger charge is 2.11. The van der Waals surface area contributed by atoms with Crippen molar-refractivity contribution >= 4 is 11.7 Å². The summed E-state index contributed by atoms with van der Waals surface area (Å²) in [6.45, 7) is 2.17. The van der Waals surface area contributed by atoms with Crippen LogP contribution in [0.1, 0.15) is 27.3 Å². The molecule has 0 unspecified atom stereocenters. The maximum atomic E-state index is 13.7. The van der Waals surface area contributed by atoms with Gasteiger partial charge in [0, 0.05) is 19.3 Å². The van der Waals surface area contributed by atoms with E-state index in [1.807, 2.05) is 6.92 Å². The molecule has 0 atom stereocenters. The first-order valence-electron chi connectivity index (χ1n) is 6.26. The normalized spacial score (nSPS) is 10.2. The van der Waals surface area contributed by atoms with Crippen LogP contribution in [-0.4, -0.2) is 15.6 Å². The van der Waals surface area contributed by atoms with Gasteiger partial charge in [0.1, 0.15) is 17.6 Å². The second kappa shape index (κ2) is 5.67. The molecule has 108 valence electrons. The maximum Gasteiger partial charge on any atom is 0.335 e. The summed E-state index contributed by atoms with van der Waals surface area (Å²) in [6.07, 6.45) is 0. The largest absolute Gasteiger partial charge is 0.478 e. The minimum absolute atomic E-state index is 0.0152. The standard InChI is InChI=1S/C15H14FN3O2/c1-9-11(5-12(7-17)19(9)2)8-18-14-6-10(15(20)21)3-4-13(14)16/h3-6,18H,8H2,1-2H3,(H,20,21). The van der Waals surface area contributed by atoms with E-state index < -0.39 is 11.8 Å². The summed E-state index contributed by atoms with van der Waals surface area (Å²) >= 11 is 0. The molecule has 0 fully saturated rings. The summed E-state index contributed by atoms with van der Waals surface area (Å²) in [5, 5.41) is 20.7. The number of hydrogen-bond donors (Lipinski definition) is 2. The van der Waals surface area contributed by atoms with Gasteiger partial charge in [-0.1, -0.05) is 0 Å². The number of aromatic nitrogens is 1. The SMILES string of the molecule is Cc1c(CNc2cc(C(=O)O)ccc2F)cc(C#N)n1C. The smallest absolute Gasteiger partial charge is 0.335 e. The van der Waals surface area contributed by atoms with E-state index in [1.54, 1.807) is 17.7 Å². The lowest BCUT2D eigenvalue weighted by Crippen LogP contribution is -2.05. The number of aromatic carboxylic acids is 1. The molecule has 0 bridgehead atoms. The topological polar surface area (TPSA) is 78.1 Å². The van der Waals surface area contributed by atoms with E-state index in [0.717, 1.165) is 17.3 Å². The molecule has 0 aliphatic heterocycles. The molecule has 0 saturated carbocycles. The van der Waals surface area contributed by atoms with Crippen LogP contribution in [0.4, 0.5) is 10.1 Å². The van der Waals surface area contributed by atoms with E-state index in [9.17, 15) is 9.18 Å². The van der Waals surface area contributed by atoms with Gasteiger partial charge in [0.15, 0.2) is 0 Å². The van der Waals surface area contributed by atoms with Crippen LogP contribution in [0.5, 0.6) is 0 Å². The monoisotopic (exact) mass is 287 g/mol. The van der Waals surface area contributed by atoms with Gasteiger partial charge in [-0.25, -0.2) is 9.18 Å². The third-order valence-corrected chi connectivity index (χ3v) is 3.44. The van der Waals surface area contributed by atoms with Gasteiger partial charge in [-0.3, -0.25) is 0 Å². The Kier molecular flexibility index (Phi) is 3.94. The zero-order chi connectivity index (χ0) is 15.6. The number of carboxylic acids is 1. The van der Waals surface area contributed by atoms with Gasteiger partial charge in [0.25, 0.3) is 0 Å². The third kappa shape index (κ3) is 2.87. The van der Waals surface area contributed by atoms with Gasteiger partial charge in [-0.05, 0) is 36.8 Å². The van der Waals surface area contributed by atoms with Crippen molar-refractivity contribution < 1.29 is 14.3 Å². The van der Waals surface area contributed by atoms with Gasteiger partial charge in [0.05, 0.1) is 11.3 Å². The number of nitrogens with zero attached hydrogens (tertiary/aromatic N) is 2. The van der Waals surface area contributed by atoms with Crippen LogP contribution in [0.3, 0.4) is 0 Å². The molecule has 5 nitrogen and oxygen atoms in total. The number of anilines is 1. The van der Waals surface area contributed by atoms with Crippen molar-refractivity contribution in [3.05, 3.63) is 52.6 Å². The Bertz CT molecular complexity index is 744. The number of carbonyl (C=O) groups is 1. The van der Waals surface area contributed by atoms with Crippen molar-refractivity contribution in [1.29, 1.82) is 5.26 Å². The lowest BCUT2D eigenvalue weighted by Gasteiger charge is -2.09. The summed E-state index contributed by atoms with van der Waals surface area (Å²) in [5.74, 6) is -1.63. The average molecular weight is 287 g/mol. The summed E-state index contributed by atoms with van der Waals surface area (Å²) < 4.78 is 15.4. The van der Waals surface area contributed by atoms with Crippen LogP contribution in [-0.2, 0) is 13.6 Å². The molecule has 0 radical (unpaired) electrons. The molecule has 1 heterocycles. The van der Waals surface area contributed by atoms with E-state index in [-0.39, 0.29) is 11.3 Å². The lowest BCUT2D eigenvalue weighted by atomic mass is 10.2. The van der Waals surface area contributed by atoms with Gasteiger partial charge < -0.3 is 15.0 Å². The van der Waals surface area contributed by atoms with Gasteiger partial charge in [-0.2, -0.15) is 5.26 Å². The summed E-state index contributed by atoms with van der Waals surface area (Å²) in [5.41, 5.74) is 2.41. The Hall–Kier alpha value is -2.81. The van der Waals surface area contributed by atoms with Crippen molar-refractivity contribution in [3.63, 3.8) is 0 Å². The Morgan fingerprint density at radius 1 is 1.48 bits per heavy atom. The fourth-order valence-corrected chi connectivity index (χ4v) is 2.03. The molecule has 1 aromatic carbocycles. The van der Waals surface area contributed by atoms with E-state index in [4.69, 9.17) is 10.4 Å². The first kappa shape index (κ1) is 14.6. The number of hydrogen-bond acceptors (Lipinski definition) is 3. The number of halogens is 1. The first-order valence-corrected chi connectivity index (χ1v) is 6.26. The molecule has 0 aliphatic carbocycles. The number of nitrogens with one attached hydrogen (secondary N) is 1. The molecule has 2 N–H and O–H groups in total. The molecule has 0 amide bonds. The zero-order valence-electron chi connectivity index (χ0n) is 11.6. The van der Waals surface area contributed by atoms with E-state index in [2.05, 4.69) is 11.4 Å². The number of benzene rings is 1. The van der Waals surface area contributed by atoms with E-state index >= 15 is 0 Å². The highest BCUT2D eigenvalue weighted by molar-refractivity contribution is 5.88. The minimum atomic E-state index is -1.11. The van der Waals surface area contributed by atoms with Gasteiger partial charge >= 0.3 is 5.97 Å². The van der Waals surface area contributed by atoms with Crippen LogP contribution < -0.4 is 5.32 Å². The second-order valence-electron chi connectivity index (χ2n) is 4.66. The van der Waals surface area contributed by atoms with Crippen LogP contribution >= 0.6 is 0 Å². The molecule has 0 saturated heterocycles. The molecular weight excluding hydrogens is 273 g/mol. The zero-order valence-corrected chi connectivity index (χ0v) is 11.6. The molecule has 6 heteroatoms. The molecule has 2 aromatic rings. The van der Waals surface area contributed by atoms with Crippen LogP contribution in [0.25, 0.3) is 0 Å². The Morgan fingerprint density at radius 3 is 2.76 bits per heavy atom. The third-order valence-electron chi connectivity index (χ3n) is 3.44. The van der Waals surface area contributed by atoms with Gasteiger partial charge in [-0.15, -0.1) is 0 Å². The highest BCUT2D eigenvalue weighted by Crippen LogP contribution is 2.19. The molecule has 2 rings (SSSR count). The van der Waals surface area contributed by atoms with Crippen molar-refractivity contribution in [1.82, 2.24) is 4.57 Å². The van der Waals surface area contributed by atoms with Crippen molar-refractivity contribution in [2.45, 2.75) is 13.5 Å². The lowest BCUT2D eigenvalue weighted by molar-refractivity contribution is 0.0697. The van der Waals surface area contributed by atoms with Gasteiger partial charge in [0.2, 0.25) is 0 Å². The highest BCUT2D eigenvalue weighted by atomic mass is 19.1. The molecular formula is C15H14FN3O2. The first-order chi connectivity index (χ1) is 9.93. The summed E-state index contributed by atoms with van der Waals surface area (Å²) in [6, 6.07) is 7.38. The van der Waals surface area contributed by atoms with Crippen LogP contribution in [0.2, 0.25) is 0 Å². The van der Waals surface area contributed by atoms with Crippen LogP contribution in [0.15, 0.2) is 24.3 Å². The summed E-state index contributed by atoms with van der Waals surface area (Å²) in [7, 11) is 1.78. The van der Waals surface area contributed by atoms with Crippen molar-refractivity contribution in [2.75, 3.05) is 5.32 Å². The number of nitriles is 1. The predicted molar refractivity (Wildman–Crippen MR) is 75.6 cm³/mol. The number of carboxylic acid groups (broad SMARTS) is 1. The molecule has 0 spiro atoms. The minimum Gasteiger partial charge on any atom is -0.478 e. The Labute approximate surface area is 121 Å². The fourth-order valence-electron chi connectivity index (χ4n) is 2.03. The average Bonchev–Trinajstić information content (AvgIpc) is 2.73. The van der Waals surface area contributed by atoms with E-state index in [1.165, 1.54) is 12.1 Å². The molecule has 0 aliphatic rings. The predicted octanol–water partition coefficient (Wildman–Crippen LogP) is 2.65. The fraction of sp³-hybridized carbons (Fsp3) is 0.200. The quantitative estimate of drug-likeness (QED) is 0.906. The second-order valence-corrected chi connectivity index (χ2v) is 4.66. The molecule has 1 aromatic heterocycles.